The van der Waals surface area contributed by atoms with Crippen LogP contribution in [0.3, 0.4) is 0 Å². The Hall–Kier alpha value is -1.13. The molecular weight excluding hydrogens is 277 g/mol. The first-order valence-electron chi connectivity index (χ1n) is 6.69. The van der Waals surface area contributed by atoms with Crippen LogP contribution in [-0.4, -0.2) is 24.5 Å². The molecular formula is C14H20NO4P. The summed E-state index contributed by atoms with van der Waals surface area (Å²) in [7, 11) is -3.13. The molecule has 0 saturated heterocycles. The second-order valence-corrected chi connectivity index (χ2v) is 6.30. The number of para-hydroxylation sites is 1. The van der Waals surface area contributed by atoms with Gasteiger partial charge in [-0.3, -0.25) is 4.57 Å². The summed E-state index contributed by atoms with van der Waals surface area (Å²) in [5.74, 6) is 0. The zero-order chi connectivity index (χ0) is 14.4. The topological polar surface area (TPSA) is 60.5 Å². The van der Waals surface area contributed by atoms with Crippen LogP contribution in [-0.2, 0) is 25.0 Å². The van der Waals surface area contributed by atoms with Crippen molar-refractivity contribution in [2.75, 3.05) is 19.6 Å². The Balaban J connectivity index is 1.92. The van der Waals surface area contributed by atoms with Crippen molar-refractivity contribution in [1.29, 1.82) is 0 Å². The van der Waals surface area contributed by atoms with E-state index in [9.17, 15) is 4.57 Å². The molecule has 0 aliphatic heterocycles. The van der Waals surface area contributed by atoms with E-state index in [2.05, 4.69) is 4.98 Å². The first kappa shape index (κ1) is 15.3. The number of hydrogen-bond donors (Lipinski definition) is 1. The summed E-state index contributed by atoms with van der Waals surface area (Å²) >= 11 is 0. The predicted octanol–water partition coefficient (Wildman–Crippen LogP) is 3.91. The quantitative estimate of drug-likeness (QED) is 0.750. The number of aromatic nitrogens is 1. The Bertz CT molecular complexity index is 553. The first-order valence-corrected chi connectivity index (χ1v) is 8.42. The van der Waals surface area contributed by atoms with Gasteiger partial charge in [0.25, 0.3) is 0 Å². The lowest BCUT2D eigenvalue weighted by Gasteiger charge is -2.16. The lowest BCUT2D eigenvalue weighted by molar-refractivity contribution is 0.121. The van der Waals surface area contributed by atoms with Gasteiger partial charge in [0.2, 0.25) is 0 Å². The highest BCUT2D eigenvalue weighted by Crippen LogP contribution is 2.47. The lowest BCUT2D eigenvalue weighted by atomic mass is 10.2. The normalized spacial score (nSPS) is 12.1. The summed E-state index contributed by atoms with van der Waals surface area (Å²) in [6.45, 7) is 4.59. The standard InChI is InChI=1S/C14H20NO4P/c1-3-18-20(16,19-4-2)11-17-10-13-9-12-7-5-6-8-14(12)15-13/h5-9,15H,3-4,10-11H2,1-2H3. The monoisotopic (exact) mass is 297 g/mol. The average molecular weight is 297 g/mol. The Kier molecular flexibility index (Phi) is 5.38. The first-order chi connectivity index (χ1) is 9.67. The van der Waals surface area contributed by atoms with Crippen molar-refractivity contribution >= 4 is 18.5 Å². The molecule has 0 spiro atoms. The lowest BCUT2D eigenvalue weighted by Crippen LogP contribution is -2.03. The molecule has 1 aromatic carbocycles. The second kappa shape index (κ2) is 7.04. The van der Waals surface area contributed by atoms with Crippen LogP contribution in [0.4, 0.5) is 0 Å². The van der Waals surface area contributed by atoms with Gasteiger partial charge >= 0.3 is 7.60 Å². The van der Waals surface area contributed by atoms with Gasteiger partial charge in [-0.25, -0.2) is 0 Å². The maximum absolute atomic E-state index is 12.2. The molecule has 2 aromatic rings. The number of rotatable bonds is 8. The summed E-state index contributed by atoms with van der Waals surface area (Å²) in [6, 6.07) is 10.0. The number of H-pyrrole nitrogens is 1. The van der Waals surface area contributed by atoms with Gasteiger partial charge in [0.15, 0.2) is 0 Å². The minimum Gasteiger partial charge on any atom is -0.363 e. The van der Waals surface area contributed by atoms with Gasteiger partial charge in [0.05, 0.1) is 19.8 Å². The molecule has 2 rings (SSSR count). The fraction of sp³-hybridized carbons (Fsp3) is 0.429. The van der Waals surface area contributed by atoms with Crippen molar-refractivity contribution in [1.82, 2.24) is 4.98 Å². The van der Waals surface area contributed by atoms with Crippen LogP contribution >= 0.6 is 7.60 Å². The molecule has 1 heterocycles. The largest absolute Gasteiger partial charge is 0.363 e. The van der Waals surface area contributed by atoms with Crippen molar-refractivity contribution < 1.29 is 18.3 Å². The minimum atomic E-state index is -3.13. The van der Waals surface area contributed by atoms with Crippen LogP contribution in [0.25, 0.3) is 10.9 Å². The van der Waals surface area contributed by atoms with E-state index in [1.807, 2.05) is 30.3 Å². The molecule has 0 unspecified atom stereocenters. The van der Waals surface area contributed by atoms with Crippen molar-refractivity contribution in [2.24, 2.45) is 0 Å². The summed E-state index contributed by atoms with van der Waals surface area (Å²) in [4.78, 5) is 3.25. The third kappa shape index (κ3) is 3.93. The van der Waals surface area contributed by atoms with Crippen LogP contribution in [0.1, 0.15) is 19.5 Å². The number of nitrogens with one attached hydrogen (secondary N) is 1. The van der Waals surface area contributed by atoms with Crippen molar-refractivity contribution in [3.05, 3.63) is 36.0 Å². The van der Waals surface area contributed by atoms with E-state index < -0.39 is 7.60 Å². The van der Waals surface area contributed by atoms with E-state index in [1.165, 1.54) is 0 Å². The van der Waals surface area contributed by atoms with Crippen molar-refractivity contribution in [3.8, 4) is 0 Å². The number of benzene rings is 1. The molecule has 6 heteroatoms. The maximum atomic E-state index is 12.2. The zero-order valence-corrected chi connectivity index (χ0v) is 12.7. The highest BCUT2D eigenvalue weighted by Gasteiger charge is 2.23. The zero-order valence-electron chi connectivity index (χ0n) is 11.8. The molecule has 0 radical (unpaired) electrons. The van der Waals surface area contributed by atoms with Gasteiger partial charge in [0.1, 0.15) is 6.35 Å². The van der Waals surface area contributed by atoms with Crippen LogP contribution in [0.15, 0.2) is 30.3 Å². The third-order valence-electron chi connectivity index (χ3n) is 2.74. The molecule has 110 valence electrons. The van der Waals surface area contributed by atoms with Crippen LogP contribution in [0.2, 0.25) is 0 Å². The Morgan fingerprint density at radius 1 is 1.15 bits per heavy atom. The SMILES string of the molecule is CCOP(=O)(COCc1cc2ccccc2[nH]1)OCC. The highest BCUT2D eigenvalue weighted by molar-refractivity contribution is 7.53. The summed E-state index contributed by atoms with van der Waals surface area (Å²) in [5.41, 5.74) is 2.00. The molecule has 1 N–H and O–H groups in total. The molecule has 0 aliphatic rings. The van der Waals surface area contributed by atoms with E-state index >= 15 is 0 Å². The average Bonchev–Trinajstić information content (AvgIpc) is 2.81. The summed E-state index contributed by atoms with van der Waals surface area (Å²) in [5, 5.41) is 1.13. The van der Waals surface area contributed by atoms with Gasteiger partial charge in [-0.15, -0.1) is 0 Å². The van der Waals surface area contributed by atoms with Crippen LogP contribution in [0, 0.1) is 0 Å². The van der Waals surface area contributed by atoms with E-state index in [-0.39, 0.29) is 6.35 Å². The Labute approximate surface area is 118 Å². The number of fused-ring (bicyclic) bond motifs is 1. The molecule has 0 atom stereocenters. The third-order valence-corrected chi connectivity index (χ3v) is 4.55. The Morgan fingerprint density at radius 3 is 2.50 bits per heavy atom. The molecule has 1 aromatic heterocycles. The second-order valence-electron chi connectivity index (χ2n) is 4.31. The fourth-order valence-corrected chi connectivity index (χ4v) is 3.31. The molecule has 0 bridgehead atoms. The van der Waals surface area contributed by atoms with Gasteiger partial charge in [-0.05, 0) is 31.4 Å². The summed E-state index contributed by atoms with van der Waals surface area (Å²) in [6.07, 6.45) is -0.0377. The smallest absolute Gasteiger partial charge is 0.356 e. The summed E-state index contributed by atoms with van der Waals surface area (Å²) < 4.78 is 28.0. The van der Waals surface area contributed by atoms with E-state index in [0.29, 0.717) is 19.8 Å². The molecule has 5 nitrogen and oxygen atoms in total. The molecule has 0 amide bonds. The van der Waals surface area contributed by atoms with Crippen molar-refractivity contribution in [3.63, 3.8) is 0 Å². The van der Waals surface area contributed by atoms with E-state index in [4.69, 9.17) is 13.8 Å². The van der Waals surface area contributed by atoms with Crippen molar-refractivity contribution in [2.45, 2.75) is 20.5 Å². The molecule has 0 fully saturated rings. The number of ether oxygens (including phenoxy) is 1. The van der Waals surface area contributed by atoms with E-state index in [1.54, 1.807) is 13.8 Å². The van der Waals surface area contributed by atoms with Gasteiger partial charge in [0, 0.05) is 11.2 Å². The Morgan fingerprint density at radius 2 is 1.85 bits per heavy atom. The van der Waals surface area contributed by atoms with Gasteiger partial charge in [-0.1, -0.05) is 18.2 Å². The predicted molar refractivity (Wildman–Crippen MR) is 78.8 cm³/mol. The van der Waals surface area contributed by atoms with Crippen LogP contribution < -0.4 is 0 Å². The number of aromatic amines is 1. The maximum Gasteiger partial charge on any atom is 0.356 e. The minimum absolute atomic E-state index is 0.0377. The molecule has 0 aliphatic carbocycles. The van der Waals surface area contributed by atoms with E-state index in [0.717, 1.165) is 16.6 Å². The molecule has 20 heavy (non-hydrogen) atoms. The van der Waals surface area contributed by atoms with Gasteiger partial charge < -0.3 is 18.8 Å². The number of hydrogen-bond acceptors (Lipinski definition) is 4. The van der Waals surface area contributed by atoms with Gasteiger partial charge in [-0.2, -0.15) is 0 Å². The fourth-order valence-electron chi connectivity index (χ4n) is 1.98. The van der Waals surface area contributed by atoms with Crippen LogP contribution in [0.5, 0.6) is 0 Å². The molecule has 0 saturated carbocycles. The highest BCUT2D eigenvalue weighted by atomic mass is 31.2.